The van der Waals surface area contributed by atoms with Crippen LogP contribution in [0.3, 0.4) is 0 Å². The molecule has 1 fully saturated rings. The van der Waals surface area contributed by atoms with Gasteiger partial charge in [0.2, 0.25) is 0 Å². The van der Waals surface area contributed by atoms with Crippen molar-refractivity contribution in [3.8, 4) is 0 Å². The van der Waals surface area contributed by atoms with E-state index in [1.807, 2.05) is 18.2 Å². The summed E-state index contributed by atoms with van der Waals surface area (Å²) >= 11 is 0. The minimum atomic E-state index is -3.09. The Hall–Kier alpha value is -0.870. The predicted octanol–water partition coefficient (Wildman–Crippen LogP) is 3.07. The smallest absolute Gasteiger partial charge is 0.180 e. The molecule has 1 aliphatic heterocycles. The van der Waals surface area contributed by atoms with Gasteiger partial charge >= 0.3 is 0 Å². The Morgan fingerprint density at radius 1 is 1.25 bits per heavy atom. The van der Waals surface area contributed by atoms with Crippen LogP contribution in [0.2, 0.25) is 0 Å². The Morgan fingerprint density at radius 3 is 2.85 bits per heavy atom. The number of fused-ring (bicyclic) bond motifs is 1. The number of hydrogen-bond donors (Lipinski definition) is 1. The summed E-state index contributed by atoms with van der Waals surface area (Å²) in [5, 5.41) is 3.61. The minimum Gasteiger partial charge on any atom is -0.306 e. The van der Waals surface area contributed by atoms with Gasteiger partial charge in [-0.2, -0.15) is 0 Å². The molecule has 3 rings (SSSR count). The van der Waals surface area contributed by atoms with Gasteiger partial charge in [0.1, 0.15) is 0 Å². The van der Waals surface area contributed by atoms with Gasteiger partial charge in [-0.05, 0) is 30.4 Å². The molecule has 0 saturated heterocycles. The maximum absolute atomic E-state index is 12.2. The van der Waals surface area contributed by atoms with Crippen LogP contribution >= 0.6 is 0 Å². The third-order valence-electron chi connectivity index (χ3n) is 4.81. The zero-order chi connectivity index (χ0) is 14.2. The average Bonchev–Trinajstić information content (AvgIpc) is 2.71. The average molecular weight is 293 g/mol. The van der Waals surface area contributed by atoms with E-state index in [1.54, 1.807) is 6.07 Å². The van der Waals surface area contributed by atoms with Crippen LogP contribution in [0.5, 0.6) is 0 Å². The lowest BCUT2D eigenvalue weighted by molar-refractivity contribution is 0.267. The van der Waals surface area contributed by atoms with E-state index < -0.39 is 9.84 Å². The molecular formula is C16H23NO2S. The highest BCUT2D eigenvalue weighted by Gasteiger charge is 2.35. The summed E-state index contributed by atoms with van der Waals surface area (Å²) in [6, 6.07) is 7.90. The van der Waals surface area contributed by atoms with Crippen LogP contribution < -0.4 is 5.32 Å². The van der Waals surface area contributed by atoms with Crippen LogP contribution in [-0.4, -0.2) is 20.2 Å². The molecule has 3 atom stereocenters. The summed E-state index contributed by atoms with van der Waals surface area (Å²) < 4.78 is 24.4. The molecule has 0 aromatic heterocycles. The van der Waals surface area contributed by atoms with E-state index in [2.05, 4.69) is 12.2 Å². The second-order valence-electron chi connectivity index (χ2n) is 6.18. The maximum atomic E-state index is 12.2. The first-order chi connectivity index (χ1) is 9.60. The van der Waals surface area contributed by atoms with Crippen LogP contribution in [0.25, 0.3) is 0 Å². The highest BCUT2D eigenvalue weighted by atomic mass is 32.2. The molecule has 0 radical (unpaired) electrons. The number of hydrogen-bond acceptors (Lipinski definition) is 3. The van der Waals surface area contributed by atoms with E-state index in [-0.39, 0.29) is 11.8 Å². The van der Waals surface area contributed by atoms with E-state index in [0.29, 0.717) is 10.9 Å². The fraction of sp³-hybridized carbons (Fsp3) is 0.625. The summed E-state index contributed by atoms with van der Waals surface area (Å²) in [4.78, 5) is 0.528. The molecule has 0 spiro atoms. The van der Waals surface area contributed by atoms with Crippen molar-refractivity contribution >= 4 is 9.84 Å². The zero-order valence-corrected chi connectivity index (χ0v) is 12.8. The van der Waals surface area contributed by atoms with E-state index >= 15 is 0 Å². The summed E-state index contributed by atoms with van der Waals surface area (Å²) in [7, 11) is -3.09. The number of rotatable bonds is 3. The fourth-order valence-corrected chi connectivity index (χ4v) is 5.44. The lowest BCUT2D eigenvalue weighted by Crippen LogP contribution is -2.37. The van der Waals surface area contributed by atoms with Crippen molar-refractivity contribution in [3.05, 3.63) is 29.8 Å². The minimum absolute atomic E-state index is 0.0168. The quantitative estimate of drug-likeness (QED) is 0.931. The molecule has 0 bridgehead atoms. The van der Waals surface area contributed by atoms with Crippen molar-refractivity contribution < 1.29 is 8.42 Å². The first kappa shape index (κ1) is 14.1. The topological polar surface area (TPSA) is 46.2 Å². The summed E-state index contributed by atoms with van der Waals surface area (Å²) in [6.45, 7) is 2.25. The van der Waals surface area contributed by atoms with Crippen molar-refractivity contribution in [1.82, 2.24) is 5.32 Å². The van der Waals surface area contributed by atoms with Gasteiger partial charge in [0.15, 0.2) is 9.84 Å². The van der Waals surface area contributed by atoms with Gasteiger partial charge in [-0.15, -0.1) is 0 Å². The van der Waals surface area contributed by atoms with Crippen LogP contribution in [0, 0.1) is 5.92 Å². The van der Waals surface area contributed by atoms with Crippen molar-refractivity contribution in [2.75, 3.05) is 5.75 Å². The highest BCUT2D eigenvalue weighted by Crippen LogP contribution is 2.35. The summed E-state index contributed by atoms with van der Waals surface area (Å²) in [5.41, 5.74) is 0.964. The Morgan fingerprint density at radius 2 is 2.05 bits per heavy atom. The molecule has 2 aliphatic rings. The second-order valence-corrected chi connectivity index (χ2v) is 8.18. The van der Waals surface area contributed by atoms with Crippen molar-refractivity contribution in [1.29, 1.82) is 0 Å². The van der Waals surface area contributed by atoms with Crippen molar-refractivity contribution in [3.63, 3.8) is 0 Å². The molecule has 1 saturated carbocycles. The van der Waals surface area contributed by atoms with Crippen LogP contribution in [0.4, 0.5) is 0 Å². The summed E-state index contributed by atoms with van der Waals surface area (Å²) in [6.07, 6.45) is 6.19. The Kier molecular flexibility index (Phi) is 3.87. The van der Waals surface area contributed by atoms with E-state index in [4.69, 9.17) is 0 Å². The molecule has 20 heavy (non-hydrogen) atoms. The van der Waals surface area contributed by atoms with Crippen LogP contribution in [0.1, 0.15) is 50.6 Å². The molecule has 1 aromatic carbocycles. The molecule has 4 heteroatoms. The highest BCUT2D eigenvalue weighted by molar-refractivity contribution is 7.91. The van der Waals surface area contributed by atoms with Gasteiger partial charge < -0.3 is 5.32 Å². The second kappa shape index (κ2) is 5.49. The molecule has 3 nitrogen and oxygen atoms in total. The van der Waals surface area contributed by atoms with Gasteiger partial charge in [0.25, 0.3) is 0 Å². The van der Waals surface area contributed by atoms with E-state index in [0.717, 1.165) is 11.5 Å². The maximum Gasteiger partial charge on any atom is 0.180 e. The first-order valence-corrected chi connectivity index (χ1v) is 9.33. The van der Waals surface area contributed by atoms with Gasteiger partial charge in [-0.25, -0.2) is 8.42 Å². The largest absolute Gasteiger partial charge is 0.306 e. The summed E-state index contributed by atoms with van der Waals surface area (Å²) in [5.74, 6) is 1.02. The third-order valence-corrected chi connectivity index (χ3v) is 6.63. The van der Waals surface area contributed by atoms with E-state index in [9.17, 15) is 8.42 Å². The number of benzene rings is 1. The van der Waals surface area contributed by atoms with Gasteiger partial charge in [0.05, 0.1) is 10.6 Å². The van der Waals surface area contributed by atoms with Gasteiger partial charge in [-0.1, -0.05) is 44.4 Å². The van der Waals surface area contributed by atoms with Crippen molar-refractivity contribution in [2.45, 2.75) is 56.0 Å². The third kappa shape index (κ3) is 2.63. The fourth-order valence-electron chi connectivity index (χ4n) is 3.69. The molecule has 110 valence electrons. The molecule has 1 N–H and O–H groups in total. The zero-order valence-electron chi connectivity index (χ0n) is 12.0. The van der Waals surface area contributed by atoms with Crippen LogP contribution in [0.15, 0.2) is 29.2 Å². The number of nitrogens with one attached hydrogen (secondary N) is 1. The van der Waals surface area contributed by atoms with Crippen molar-refractivity contribution in [2.24, 2.45) is 5.92 Å². The Labute approximate surface area is 121 Å². The standard InChI is InChI=1S/C16H23NO2S/c1-2-12-6-5-7-13(10-12)17-15-11-20(18,19)16-9-4-3-8-14(15)16/h3-4,8-9,12-13,15,17H,2,5-7,10-11H2,1H3. The molecule has 0 amide bonds. The van der Waals surface area contributed by atoms with E-state index in [1.165, 1.54) is 32.1 Å². The van der Waals surface area contributed by atoms with Gasteiger partial charge in [0, 0.05) is 12.1 Å². The monoisotopic (exact) mass is 293 g/mol. The first-order valence-electron chi connectivity index (χ1n) is 7.68. The molecular weight excluding hydrogens is 270 g/mol. The Balaban J connectivity index is 1.76. The predicted molar refractivity (Wildman–Crippen MR) is 80.4 cm³/mol. The lowest BCUT2D eigenvalue weighted by Gasteiger charge is -2.31. The SMILES string of the molecule is CCC1CCCC(NC2CS(=O)(=O)c3ccccc32)C1. The van der Waals surface area contributed by atoms with Crippen LogP contribution in [-0.2, 0) is 9.84 Å². The molecule has 1 aromatic rings. The molecule has 1 heterocycles. The number of sulfone groups is 1. The lowest BCUT2D eigenvalue weighted by atomic mass is 9.84. The molecule has 1 aliphatic carbocycles. The normalized spacial score (nSPS) is 31.9. The van der Waals surface area contributed by atoms with Gasteiger partial charge in [-0.3, -0.25) is 0 Å². The molecule has 3 unspecified atom stereocenters. The Bertz CT molecular complexity index is 582.